The molecule has 3 aromatic rings. The first-order valence-electron chi connectivity index (χ1n) is 10.5. The first kappa shape index (κ1) is 20.1. The van der Waals surface area contributed by atoms with Gasteiger partial charge in [-0.15, -0.1) is 0 Å². The number of benzene rings is 2. The molecule has 1 atom stereocenters. The molecule has 0 radical (unpaired) electrons. The molecule has 1 amide bonds. The van der Waals surface area contributed by atoms with Crippen LogP contribution in [0, 0.1) is 0 Å². The monoisotopic (exact) mass is 401 g/mol. The van der Waals surface area contributed by atoms with Gasteiger partial charge in [0.25, 0.3) is 0 Å². The van der Waals surface area contributed by atoms with Crippen LogP contribution in [0.25, 0.3) is 0 Å². The number of nitrogens with two attached hydrogens (primary N) is 1. The van der Waals surface area contributed by atoms with Gasteiger partial charge in [0.1, 0.15) is 5.75 Å². The van der Waals surface area contributed by atoms with Crippen LogP contribution in [0.3, 0.4) is 0 Å². The number of aromatic nitrogens is 1. The zero-order valence-electron chi connectivity index (χ0n) is 17.0. The van der Waals surface area contributed by atoms with Gasteiger partial charge in [-0.25, -0.2) is 4.98 Å². The summed E-state index contributed by atoms with van der Waals surface area (Å²) in [6.45, 7) is 0.998. The summed E-state index contributed by atoms with van der Waals surface area (Å²) in [5.41, 5.74) is 9.72. The van der Waals surface area contributed by atoms with Gasteiger partial charge in [-0.05, 0) is 73.5 Å². The van der Waals surface area contributed by atoms with Crippen molar-refractivity contribution in [1.29, 1.82) is 0 Å². The molecule has 0 saturated heterocycles. The lowest BCUT2D eigenvalue weighted by molar-refractivity contribution is 0.1000. The molecule has 30 heavy (non-hydrogen) atoms. The van der Waals surface area contributed by atoms with Crippen molar-refractivity contribution in [2.75, 3.05) is 6.54 Å². The number of aryl methyl sites for hydroxylation is 1. The van der Waals surface area contributed by atoms with Gasteiger partial charge in [0.15, 0.2) is 0 Å². The van der Waals surface area contributed by atoms with Gasteiger partial charge < -0.3 is 15.8 Å². The van der Waals surface area contributed by atoms with E-state index in [1.165, 1.54) is 29.3 Å². The summed E-state index contributed by atoms with van der Waals surface area (Å²) in [7, 11) is 0. The molecule has 1 heterocycles. The Balaban J connectivity index is 1.36. The number of amides is 1. The van der Waals surface area contributed by atoms with Gasteiger partial charge in [-0.3, -0.25) is 4.79 Å². The van der Waals surface area contributed by atoms with E-state index in [9.17, 15) is 4.79 Å². The molecule has 4 rings (SSSR count). The number of pyridine rings is 1. The SMILES string of the molecule is NC(=O)c1ccc(Oc2ccc3c(c2)CCCC(NCCc2ccccc2)C3)nc1. The fourth-order valence-electron chi connectivity index (χ4n) is 3.95. The normalized spacial score (nSPS) is 15.8. The number of primary amides is 1. The molecule has 1 aliphatic carbocycles. The number of rotatable bonds is 7. The Labute approximate surface area is 177 Å². The topological polar surface area (TPSA) is 77.2 Å². The van der Waals surface area contributed by atoms with E-state index in [1.807, 2.05) is 6.07 Å². The summed E-state index contributed by atoms with van der Waals surface area (Å²) >= 11 is 0. The van der Waals surface area contributed by atoms with Crippen molar-refractivity contribution in [2.24, 2.45) is 5.73 Å². The van der Waals surface area contributed by atoms with Crippen LogP contribution in [0.5, 0.6) is 11.6 Å². The lowest BCUT2D eigenvalue weighted by Crippen LogP contribution is -2.32. The van der Waals surface area contributed by atoms with Gasteiger partial charge in [0.05, 0.1) is 5.56 Å². The molecule has 154 valence electrons. The number of ether oxygens (including phenoxy) is 1. The first-order chi connectivity index (χ1) is 14.7. The summed E-state index contributed by atoms with van der Waals surface area (Å²) in [6, 6.07) is 20.7. The minimum Gasteiger partial charge on any atom is -0.439 e. The summed E-state index contributed by atoms with van der Waals surface area (Å²) < 4.78 is 5.88. The summed E-state index contributed by atoms with van der Waals surface area (Å²) in [6.07, 6.45) is 6.92. The van der Waals surface area contributed by atoms with Crippen LogP contribution in [0.15, 0.2) is 66.9 Å². The van der Waals surface area contributed by atoms with E-state index in [0.717, 1.165) is 38.0 Å². The lowest BCUT2D eigenvalue weighted by Gasteiger charge is -2.17. The van der Waals surface area contributed by atoms with E-state index in [-0.39, 0.29) is 0 Å². The molecule has 3 N–H and O–H groups in total. The molecule has 5 nitrogen and oxygen atoms in total. The summed E-state index contributed by atoms with van der Waals surface area (Å²) in [5, 5.41) is 3.74. The molecule has 1 unspecified atom stereocenters. The van der Waals surface area contributed by atoms with Crippen LogP contribution in [0.4, 0.5) is 0 Å². The van der Waals surface area contributed by atoms with Crippen molar-refractivity contribution < 1.29 is 9.53 Å². The largest absolute Gasteiger partial charge is 0.439 e. The molecule has 1 aliphatic rings. The lowest BCUT2D eigenvalue weighted by atomic mass is 10.0. The molecule has 0 fully saturated rings. The maximum Gasteiger partial charge on any atom is 0.250 e. The standard InChI is InChI=1S/C25H27N3O2/c26-25(29)21-10-12-24(28-17-21)30-23-11-9-20-15-22(8-4-7-19(20)16-23)27-14-13-18-5-2-1-3-6-18/h1-3,5-6,9-12,16-17,22,27H,4,7-8,13-15H2,(H2,26,29). The predicted molar refractivity (Wildman–Crippen MR) is 118 cm³/mol. The van der Waals surface area contributed by atoms with Crippen molar-refractivity contribution in [1.82, 2.24) is 10.3 Å². The van der Waals surface area contributed by atoms with Gasteiger partial charge in [-0.1, -0.05) is 36.4 Å². The second-order valence-corrected chi connectivity index (χ2v) is 7.76. The van der Waals surface area contributed by atoms with Crippen LogP contribution in [0.1, 0.15) is 39.9 Å². The molecule has 0 aliphatic heterocycles. The van der Waals surface area contributed by atoms with E-state index in [2.05, 4.69) is 52.8 Å². The summed E-state index contributed by atoms with van der Waals surface area (Å²) in [4.78, 5) is 15.3. The molecule has 0 spiro atoms. The second-order valence-electron chi connectivity index (χ2n) is 7.76. The fraction of sp³-hybridized carbons (Fsp3) is 0.280. The quantitative estimate of drug-likeness (QED) is 0.586. The smallest absolute Gasteiger partial charge is 0.250 e. The highest BCUT2D eigenvalue weighted by atomic mass is 16.5. The Bertz CT molecular complexity index is 987. The molecular formula is C25H27N3O2. The molecule has 2 aromatic carbocycles. The highest BCUT2D eigenvalue weighted by Crippen LogP contribution is 2.27. The van der Waals surface area contributed by atoms with Gasteiger partial charge in [0, 0.05) is 18.3 Å². The van der Waals surface area contributed by atoms with Crippen molar-refractivity contribution in [3.8, 4) is 11.6 Å². The molecular weight excluding hydrogens is 374 g/mol. The predicted octanol–water partition coefficient (Wildman–Crippen LogP) is 4.05. The number of carbonyl (C=O) groups is 1. The van der Waals surface area contributed by atoms with Gasteiger partial charge >= 0.3 is 0 Å². The zero-order chi connectivity index (χ0) is 20.8. The van der Waals surface area contributed by atoms with Crippen molar-refractivity contribution in [2.45, 2.75) is 38.1 Å². The number of nitrogens with one attached hydrogen (secondary N) is 1. The third-order valence-electron chi connectivity index (χ3n) is 5.58. The highest BCUT2D eigenvalue weighted by Gasteiger charge is 2.17. The molecule has 0 saturated carbocycles. The van der Waals surface area contributed by atoms with Crippen LogP contribution in [-0.2, 0) is 19.3 Å². The van der Waals surface area contributed by atoms with Crippen LogP contribution < -0.4 is 15.8 Å². The Hall–Kier alpha value is -3.18. The highest BCUT2D eigenvalue weighted by molar-refractivity contribution is 5.92. The average Bonchev–Trinajstić information content (AvgIpc) is 2.96. The zero-order valence-corrected chi connectivity index (χ0v) is 17.0. The number of nitrogens with zero attached hydrogens (tertiary/aromatic N) is 1. The summed E-state index contributed by atoms with van der Waals surface area (Å²) in [5.74, 6) is 0.726. The Morgan fingerprint density at radius 2 is 1.97 bits per heavy atom. The van der Waals surface area contributed by atoms with E-state index < -0.39 is 5.91 Å². The van der Waals surface area contributed by atoms with E-state index in [1.54, 1.807) is 12.1 Å². The van der Waals surface area contributed by atoms with Crippen LogP contribution in [-0.4, -0.2) is 23.5 Å². The van der Waals surface area contributed by atoms with Crippen LogP contribution in [0.2, 0.25) is 0 Å². The van der Waals surface area contributed by atoms with E-state index in [4.69, 9.17) is 10.5 Å². The van der Waals surface area contributed by atoms with Gasteiger partial charge in [0.2, 0.25) is 11.8 Å². The average molecular weight is 402 g/mol. The maximum absolute atomic E-state index is 11.2. The first-order valence-corrected chi connectivity index (χ1v) is 10.5. The van der Waals surface area contributed by atoms with Crippen molar-refractivity contribution in [3.05, 3.63) is 89.1 Å². The Morgan fingerprint density at radius 3 is 2.73 bits per heavy atom. The fourth-order valence-corrected chi connectivity index (χ4v) is 3.95. The minimum atomic E-state index is -0.494. The van der Waals surface area contributed by atoms with Crippen LogP contribution >= 0.6 is 0 Å². The molecule has 5 heteroatoms. The van der Waals surface area contributed by atoms with Crippen molar-refractivity contribution >= 4 is 5.91 Å². The third kappa shape index (κ3) is 5.24. The number of carbonyl (C=O) groups excluding carboxylic acids is 1. The second kappa shape index (κ2) is 9.55. The Kier molecular flexibility index (Phi) is 6.40. The number of hydrogen-bond acceptors (Lipinski definition) is 4. The van der Waals surface area contributed by atoms with Gasteiger partial charge in [-0.2, -0.15) is 0 Å². The molecule has 0 bridgehead atoms. The van der Waals surface area contributed by atoms with E-state index in [0.29, 0.717) is 17.5 Å². The number of fused-ring (bicyclic) bond motifs is 1. The number of hydrogen-bond donors (Lipinski definition) is 2. The van der Waals surface area contributed by atoms with E-state index >= 15 is 0 Å². The van der Waals surface area contributed by atoms with Crippen molar-refractivity contribution in [3.63, 3.8) is 0 Å². The minimum absolute atomic E-state index is 0.370. The molecule has 1 aromatic heterocycles. The third-order valence-corrected chi connectivity index (χ3v) is 5.58. The maximum atomic E-state index is 11.2. The Morgan fingerprint density at radius 1 is 1.10 bits per heavy atom.